The highest BCUT2D eigenvalue weighted by Crippen LogP contribution is 2.31. The van der Waals surface area contributed by atoms with Crippen molar-refractivity contribution in [1.29, 1.82) is 0 Å². The molecule has 0 atom stereocenters. The van der Waals surface area contributed by atoms with E-state index in [9.17, 15) is 8.78 Å². The van der Waals surface area contributed by atoms with Crippen LogP contribution in [0.2, 0.25) is 0 Å². The molecule has 110 valence electrons. The Morgan fingerprint density at radius 1 is 1.24 bits per heavy atom. The maximum atomic E-state index is 13.9. The zero-order chi connectivity index (χ0) is 15.6. The van der Waals surface area contributed by atoms with Crippen LogP contribution < -0.4 is 11.1 Å². The van der Waals surface area contributed by atoms with Crippen LogP contribution in [0.4, 0.5) is 20.2 Å². The van der Waals surface area contributed by atoms with Crippen molar-refractivity contribution in [1.82, 2.24) is 0 Å². The Bertz CT molecular complexity index is 708. The monoisotopic (exact) mass is 388 g/mol. The molecule has 2 rings (SSSR count). The van der Waals surface area contributed by atoms with E-state index in [-0.39, 0.29) is 15.1 Å². The normalized spacial score (nSPS) is 10.5. The minimum Gasteiger partial charge on any atom is -0.389 e. The molecule has 0 unspecified atom stereocenters. The summed E-state index contributed by atoms with van der Waals surface area (Å²) in [6.45, 7) is 0. The van der Waals surface area contributed by atoms with Gasteiger partial charge in [0, 0.05) is 22.2 Å². The second kappa shape index (κ2) is 6.72. The summed E-state index contributed by atoms with van der Waals surface area (Å²) in [5.41, 5.74) is 6.91. The minimum absolute atomic E-state index is 0.0199. The fraction of sp³-hybridized carbons (Fsp3) is 0.0714. The topological polar surface area (TPSA) is 38.0 Å². The van der Waals surface area contributed by atoms with Gasteiger partial charge in [0.1, 0.15) is 16.6 Å². The molecule has 0 heterocycles. The van der Waals surface area contributed by atoms with Crippen LogP contribution in [0.5, 0.6) is 0 Å². The van der Waals surface area contributed by atoms with Gasteiger partial charge < -0.3 is 11.1 Å². The second-order valence-corrected chi connectivity index (χ2v) is 6.26. The van der Waals surface area contributed by atoms with Crippen molar-refractivity contribution in [2.45, 2.75) is 4.90 Å². The lowest BCUT2D eigenvalue weighted by molar-refractivity contribution is 0.598. The van der Waals surface area contributed by atoms with Crippen molar-refractivity contribution in [3.8, 4) is 0 Å². The number of nitrogens with one attached hydrogen (secondary N) is 1. The van der Waals surface area contributed by atoms with Crippen molar-refractivity contribution >= 4 is 56.3 Å². The van der Waals surface area contributed by atoms with E-state index in [2.05, 4.69) is 21.2 Å². The third-order valence-electron chi connectivity index (χ3n) is 2.77. The average Bonchev–Trinajstić information content (AvgIpc) is 2.44. The molecule has 0 aliphatic carbocycles. The molecule has 2 aromatic rings. The predicted octanol–water partition coefficient (Wildman–Crippen LogP) is 4.83. The molecule has 7 heteroatoms. The molecule has 0 aliphatic heterocycles. The van der Waals surface area contributed by atoms with Gasteiger partial charge in [-0.25, -0.2) is 8.78 Å². The van der Waals surface area contributed by atoms with Crippen LogP contribution in [0.3, 0.4) is 0 Å². The van der Waals surface area contributed by atoms with Crippen molar-refractivity contribution in [3.05, 3.63) is 52.0 Å². The van der Waals surface area contributed by atoms with Crippen LogP contribution >= 0.6 is 39.9 Å². The van der Waals surface area contributed by atoms with Crippen molar-refractivity contribution in [2.75, 3.05) is 11.6 Å². The summed E-state index contributed by atoms with van der Waals surface area (Å²) in [6.07, 6.45) is 1.89. The third kappa shape index (κ3) is 3.53. The molecule has 0 aromatic heterocycles. The van der Waals surface area contributed by atoms with E-state index in [1.54, 1.807) is 12.1 Å². The first-order valence-corrected chi connectivity index (χ1v) is 8.25. The molecule has 3 N–H and O–H groups in total. The summed E-state index contributed by atoms with van der Waals surface area (Å²) in [6, 6.07) is 7.52. The van der Waals surface area contributed by atoms with Gasteiger partial charge in [-0.15, -0.1) is 11.8 Å². The predicted molar refractivity (Wildman–Crippen MR) is 91.5 cm³/mol. The number of thiocarbonyl (C=S) groups is 1. The van der Waals surface area contributed by atoms with Crippen molar-refractivity contribution < 1.29 is 8.78 Å². The standard InChI is InChI=1S/C14H11BrF2N2S2/c1-21-12-4-2-3-10(13(12)14(18)20)19-11-6-8(16)7(15)5-9(11)17/h2-6,19H,1H3,(H2,18,20). The highest BCUT2D eigenvalue weighted by Gasteiger charge is 2.14. The van der Waals surface area contributed by atoms with Gasteiger partial charge in [-0.05, 0) is 40.4 Å². The number of thioether (sulfide) groups is 1. The van der Waals surface area contributed by atoms with Crippen LogP contribution in [0.25, 0.3) is 0 Å². The van der Waals surface area contributed by atoms with Gasteiger partial charge in [-0.2, -0.15) is 0 Å². The molecule has 0 saturated carbocycles. The third-order valence-corrected chi connectivity index (χ3v) is 4.36. The molecule has 0 saturated heterocycles. The maximum Gasteiger partial charge on any atom is 0.147 e. The Morgan fingerprint density at radius 3 is 2.57 bits per heavy atom. The van der Waals surface area contributed by atoms with Gasteiger partial charge in [-0.1, -0.05) is 18.3 Å². The van der Waals surface area contributed by atoms with E-state index < -0.39 is 11.6 Å². The van der Waals surface area contributed by atoms with E-state index in [4.69, 9.17) is 18.0 Å². The molecule has 0 amide bonds. The van der Waals surface area contributed by atoms with Crippen molar-refractivity contribution in [3.63, 3.8) is 0 Å². The van der Waals surface area contributed by atoms with Crippen LogP contribution in [-0.2, 0) is 0 Å². The largest absolute Gasteiger partial charge is 0.389 e. The molecule has 0 fully saturated rings. The Labute approximate surface area is 139 Å². The number of nitrogens with two attached hydrogens (primary N) is 1. The summed E-state index contributed by atoms with van der Waals surface area (Å²) in [5.74, 6) is -1.14. The second-order valence-electron chi connectivity index (χ2n) is 4.12. The van der Waals surface area contributed by atoms with Crippen LogP contribution in [0, 0.1) is 11.6 Å². The maximum absolute atomic E-state index is 13.9. The quantitative estimate of drug-likeness (QED) is 0.447. The Balaban J connectivity index is 2.49. The Morgan fingerprint density at radius 2 is 1.95 bits per heavy atom. The van der Waals surface area contributed by atoms with Gasteiger partial charge in [0.05, 0.1) is 10.2 Å². The first-order chi connectivity index (χ1) is 9.93. The zero-order valence-corrected chi connectivity index (χ0v) is 14.1. The van der Waals surface area contributed by atoms with Gasteiger partial charge in [0.2, 0.25) is 0 Å². The summed E-state index contributed by atoms with van der Waals surface area (Å²) >= 11 is 9.46. The van der Waals surface area contributed by atoms with Gasteiger partial charge in [-0.3, -0.25) is 0 Å². The lowest BCUT2D eigenvalue weighted by atomic mass is 10.1. The number of benzene rings is 2. The van der Waals surface area contributed by atoms with E-state index in [1.807, 2.05) is 12.3 Å². The molecule has 21 heavy (non-hydrogen) atoms. The molecule has 0 radical (unpaired) electrons. The summed E-state index contributed by atoms with van der Waals surface area (Å²) in [5, 5.41) is 2.85. The zero-order valence-electron chi connectivity index (χ0n) is 10.9. The highest BCUT2D eigenvalue weighted by molar-refractivity contribution is 9.10. The van der Waals surface area contributed by atoms with Crippen LogP contribution in [0.15, 0.2) is 39.7 Å². The van der Waals surface area contributed by atoms with Gasteiger partial charge in [0.15, 0.2) is 0 Å². The van der Waals surface area contributed by atoms with Gasteiger partial charge >= 0.3 is 0 Å². The van der Waals surface area contributed by atoms with Gasteiger partial charge in [0.25, 0.3) is 0 Å². The smallest absolute Gasteiger partial charge is 0.147 e. The molecule has 2 nitrogen and oxygen atoms in total. The lowest BCUT2D eigenvalue weighted by Gasteiger charge is -2.15. The SMILES string of the molecule is CSc1cccc(Nc2cc(F)c(Br)cc2F)c1C(N)=S. The number of anilines is 2. The van der Waals surface area contributed by atoms with Crippen molar-refractivity contribution in [2.24, 2.45) is 5.73 Å². The minimum atomic E-state index is -0.577. The lowest BCUT2D eigenvalue weighted by Crippen LogP contribution is -2.13. The highest BCUT2D eigenvalue weighted by atomic mass is 79.9. The first kappa shape index (κ1) is 16.2. The Kier molecular flexibility index (Phi) is 5.18. The van der Waals surface area contributed by atoms with Crippen LogP contribution in [-0.4, -0.2) is 11.2 Å². The molecular weight excluding hydrogens is 378 g/mol. The van der Waals surface area contributed by atoms with E-state index in [0.717, 1.165) is 17.0 Å². The number of halogens is 3. The molecule has 0 aliphatic rings. The first-order valence-electron chi connectivity index (χ1n) is 5.82. The van der Waals surface area contributed by atoms with E-state index in [1.165, 1.54) is 11.8 Å². The molecule has 0 spiro atoms. The van der Waals surface area contributed by atoms with E-state index >= 15 is 0 Å². The fourth-order valence-electron chi connectivity index (χ4n) is 1.82. The molecule has 2 aromatic carbocycles. The van der Waals surface area contributed by atoms with Crippen LogP contribution in [0.1, 0.15) is 5.56 Å². The summed E-state index contributed by atoms with van der Waals surface area (Å²) in [4.78, 5) is 1.06. The van der Waals surface area contributed by atoms with E-state index in [0.29, 0.717) is 11.3 Å². The number of hydrogen-bond acceptors (Lipinski definition) is 3. The average molecular weight is 389 g/mol. The summed E-state index contributed by atoms with van der Waals surface area (Å²) < 4.78 is 27.5. The number of hydrogen-bond donors (Lipinski definition) is 2. The number of rotatable bonds is 4. The Hall–Kier alpha value is -1.18. The summed E-state index contributed by atoms with van der Waals surface area (Å²) in [7, 11) is 0. The molecular formula is C14H11BrF2N2S2. The fourth-order valence-corrected chi connectivity index (χ4v) is 3.06. The molecule has 0 bridgehead atoms.